The van der Waals surface area contributed by atoms with Gasteiger partial charge < -0.3 is 15.3 Å². The lowest BCUT2D eigenvalue weighted by Gasteiger charge is -2.27. The molecule has 2 rings (SSSR count). The maximum Gasteiger partial charge on any atom is 0.123 e. The molecule has 1 aromatic rings. The van der Waals surface area contributed by atoms with E-state index in [1.54, 1.807) is 12.1 Å². The molecule has 1 saturated heterocycles. The van der Waals surface area contributed by atoms with Gasteiger partial charge in [0.1, 0.15) is 5.82 Å². The van der Waals surface area contributed by atoms with E-state index in [9.17, 15) is 9.50 Å². The van der Waals surface area contributed by atoms with Gasteiger partial charge in [-0.25, -0.2) is 4.39 Å². The zero-order valence-electron chi connectivity index (χ0n) is 11.3. The van der Waals surface area contributed by atoms with Crippen LogP contribution in [0.5, 0.6) is 0 Å². The first-order chi connectivity index (χ1) is 9.25. The van der Waals surface area contributed by atoms with Gasteiger partial charge in [-0.2, -0.15) is 0 Å². The van der Waals surface area contributed by atoms with Crippen molar-refractivity contribution in [1.82, 2.24) is 10.2 Å². The summed E-state index contributed by atoms with van der Waals surface area (Å²) in [7, 11) is 0. The first-order valence-electron chi connectivity index (χ1n) is 7.12. The average Bonchev–Trinajstić information content (AvgIpc) is 2.45. The Balaban J connectivity index is 1.63. The highest BCUT2D eigenvalue weighted by Crippen LogP contribution is 2.19. The highest BCUT2D eigenvalue weighted by atomic mass is 19.1. The Morgan fingerprint density at radius 2 is 1.84 bits per heavy atom. The lowest BCUT2D eigenvalue weighted by atomic mass is 10.0. The molecule has 1 atom stereocenters. The van der Waals surface area contributed by atoms with Gasteiger partial charge in [0.2, 0.25) is 0 Å². The summed E-state index contributed by atoms with van der Waals surface area (Å²) in [5, 5.41) is 13.3. The molecular formula is C15H23FN2O. The molecule has 0 bridgehead atoms. The summed E-state index contributed by atoms with van der Waals surface area (Å²) in [4.78, 5) is 2.46. The number of piperazine rings is 1. The SMILES string of the molecule is OC(CCCCN1CCNCC1)c1ccc(F)cc1. The predicted octanol–water partition coefficient (Wildman–Crippen LogP) is 1.93. The maximum atomic E-state index is 12.8. The minimum absolute atomic E-state index is 0.255. The van der Waals surface area contributed by atoms with Crippen LogP contribution in [-0.2, 0) is 0 Å². The van der Waals surface area contributed by atoms with E-state index in [0.29, 0.717) is 0 Å². The van der Waals surface area contributed by atoms with Gasteiger partial charge in [0.15, 0.2) is 0 Å². The van der Waals surface area contributed by atoms with E-state index in [4.69, 9.17) is 0 Å². The van der Waals surface area contributed by atoms with Crippen molar-refractivity contribution in [1.29, 1.82) is 0 Å². The van der Waals surface area contributed by atoms with Gasteiger partial charge in [0.05, 0.1) is 6.10 Å². The summed E-state index contributed by atoms with van der Waals surface area (Å²) in [5.74, 6) is -0.255. The second-order valence-corrected chi connectivity index (χ2v) is 5.15. The Morgan fingerprint density at radius 1 is 1.16 bits per heavy atom. The molecule has 0 saturated carbocycles. The number of nitrogens with one attached hydrogen (secondary N) is 1. The Kier molecular flexibility index (Phi) is 5.76. The molecule has 1 unspecified atom stereocenters. The van der Waals surface area contributed by atoms with Gasteiger partial charge in [-0.05, 0) is 43.5 Å². The zero-order valence-corrected chi connectivity index (χ0v) is 11.3. The molecular weight excluding hydrogens is 243 g/mol. The van der Waals surface area contributed by atoms with Crippen molar-refractivity contribution in [2.45, 2.75) is 25.4 Å². The Morgan fingerprint density at radius 3 is 2.53 bits per heavy atom. The van der Waals surface area contributed by atoms with Crippen LogP contribution in [-0.4, -0.2) is 42.7 Å². The third-order valence-electron chi connectivity index (χ3n) is 3.67. The van der Waals surface area contributed by atoms with Crippen molar-refractivity contribution < 1.29 is 9.50 Å². The zero-order chi connectivity index (χ0) is 13.5. The maximum absolute atomic E-state index is 12.8. The van der Waals surface area contributed by atoms with Crippen LogP contribution in [0.15, 0.2) is 24.3 Å². The average molecular weight is 266 g/mol. The molecule has 0 aliphatic carbocycles. The van der Waals surface area contributed by atoms with E-state index in [1.165, 1.54) is 12.1 Å². The Bertz CT molecular complexity index is 363. The lowest BCUT2D eigenvalue weighted by Crippen LogP contribution is -2.43. The number of hydrogen-bond donors (Lipinski definition) is 2. The number of aliphatic hydroxyl groups excluding tert-OH is 1. The molecule has 0 aromatic heterocycles. The van der Waals surface area contributed by atoms with E-state index in [1.807, 2.05) is 0 Å². The standard InChI is InChI=1S/C15H23FN2O/c16-14-6-4-13(5-7-14)15(19)3-1-2-10-18-11-8-17-9-12-18/h4-7,15,17,19H,1-3,8-12H2. The van der Waals surface area contributed by atoms with Gasteiger partial charge in [-0.3, -0.25) is 0 Å². The molecule has 0 spiro atoms. The van der Waals surface area contributed by atoms with Gasteiger partial charge in [-0.1, -0.05) is 12.1 Å². The van der Waals surface area contributed by atoms with Crippen LogP contribution in [0, 0.1) is 5.82 Å². The molecule has 106 valence electrons. The number of nitrogens with zero attached hydrogens (tertiary/aromatic N) is 1. The highest BCUT2D eigenvalue weighted by molar-refractivity contribution is 5.18. The third-order valence-corrected chi connectivity index (χ3v) is 3.67. The molecule has 1 aliphatic rings. The molecule has 1 aliphatic heterocycles. The molecule has 1 heterocycles. The molecule has 3 nitrogen and oxygen atoms in total. The summed E-state index contributed by atoms with van der Waals surface area (Å²) in [6, 6.07) is 6.13. The predicted molar refractivity (Wildman–Crippen MR) is 74.5 cm³/mol. The number of halogens is 1. The van der Waals surface area contributed by atoms with Gasteiger partial charge in [-0.15, -0.1) is 0 Å². The summed E-state index contributed by atoms with van der Waals surface area (Å²) in [5.41, 5.74) is 0.809. The van der Waals surface area contributed by atoms with Crippen molar-refractivity contribution in [3.8, 4) is 0 Å². The van der Waals surface area contributed by atoms with E-state index < -0.39 is 6.10 Å². The number of benzene rings is 1. The summed E-state index contributed by atoms with van der Waals surface area (Å²) in [6.07, 6.45) is 2.39. The van der Waals surface area contributed by atoms with Gasteiger partial charge >= 0.3 is 0 Å². The lowest BCUT2D eigenvalue weighted by molar-refractivity contribution is 0.159. The third kappa shape index (κ3) is 4.90. The molecule has 1 aromatic carbocycles. The van der Waals surface area contributed by atoms with E-state index in [-0.39, 0.29) is 5.82 Å². The summed E-state index contributed by atoms with van der Waals surface area (Å²) >= 11 is 0. The minimum atomic E-state index is -0.469. The van der Waals surface area contributed by atoms with Gasteiger partial charge in [0, 0.05) is 26.2 Å². The molecule has 0 amide bonds. The van der Waals surface area contributed by atoms with Crippen molar-refractivity contribution in [3.63, 3.8) is 0 Å². The Labute approximate surface area is 114 Å². The van der Waals surface area contributed by atoms with Crippen LogP contribution < -0.4 is 5.32 Å². The van der Waals surface area contributed by atoms with E-state index >= 15 is 0 Å². The fourth-order valence-electron chi connectivity index (χ4n) is 2.46. The molecule has 19 heavy (non-hydrogen) atoms. The van der Waals surface area contributed by atoms with Crippen LogP contribution >= 0.6 is 0 Å². The van der Waals surface area contributed by atoms with Crippen LogP contribution in [0.3, 0.4) is 0 Å². The highest BCUT2D eigenvalue weighted by Gasteiger charge is 2.10. The molecule has 4 heteroatoms. The smallest absolute Gasteiger partial charge is 0.123 e. The van der Waals surface area contributed by atoms with Crippen molar-refractivity contribution in [2.24, 2.45) is 0 Å². The Hall–Kier alpha value is -0.970. The van der Waals surface area contributed by atoms with Crippen LogP contribution in [0.4, 0.5) is 4.39 Å². The van der Waals surface area contributed by atoms with Crippen molar-refractivity contribution >= 4 is 0 Å². The molecule has 2 N–H and O–H groups in total. The van der Waals surface area contributed by atoms with Crippen LogP contribution in [0.25, 0.3) is 0 Å². The largest absolute Gasteiger partial charge is 0.388 e. The minimum Gasteiger partial charge on any atom is -0.388 e. The fourth-order valence-corrected chi connectivity index (χ4v) is 2.46. The van der Waals surface area contributed by atoms with Crippen LogP contribution in [0.1, 0.15) is 30.9 Å². The number of aliphatic hydroxyl groups is 1. The van der Waals surface area contributed by atoms with E-state index in [2.05, 4.69) is 10.2 Å². The van der Waals surface area contributed by atoms with Crippen molar-refractivity contribution in [2.75, 3.05) is 32.7 Å². The van der Waals surface area contributed by atoms with Crippen LogP contribution in [0.2, 0.25) is 0 Å². The van der Waals surface area contributed by atoms with Crippen molar-refractivity contribution in [3.05, 3.63) is 35.6 Å². The van der Waals surface area contributed by atoms with Gasteiger partial charge in [0.25, 0.3) is 0 Å². The summed E-state index contributed by atoms with van der Waals surface area (Å²) in [6.45, 7) is 5.52. The first-order valence-corrected chi connectivity index (χ1v) is 7.12. The molecule has 0 radical (unpaired) electrons. The quantitative estimate of drug-likeness (QED) is 0.772. The topological polar surface area (TPSA) is 35.5 Å². The summed E-state index contributed by atoms with van der Waals surface area (Å²) < 4.78 is 12.8. The second-order valence-electron chi connectivity index (χ2n) is 5.15. The molecule has 1 fully saturated rings. The van der Waals surface area contributed by atoms with E-state index in [0.717, 1.165) is 57.5 Å². The monoisotopic (exact) mass is 266 g/mol. The number of rotatable bonds is 6. The fraction of sp³-hybridized carbons (Fsp3) is 0.600. The number of hydrogen-bond acceptors (Lipinski definition) is 3. The number of unbranched alkanes of at least 4 members (excludes halogenated alkanes) is 1. The normalized spacial score (nSPS) is 18.4. The second kappa shape index (κ2) is 7.58. The first kappa shape index (κ1) is 14.4.